The predicted molar refractivity (Wildman–Crippen MR) is 242 cm³/mol. The van der Waals surface area contributed by atoms with Gasteiger partial charge in [0.15, 0.2) is 17.5 Å². The van der Waals surface area contributed by atoms with E-state index in [2.05, 4.69) is 48.5 Å². The number of aromatic nitrogens is 4. The fraction of sp³-hybridized carbons (Fsp3) is 0. The highest BCUT2D eigenvalue weighted by molar-refractivity contribution is 7.26. The number of nitrogens with zero attached hydrogens (tertiary/aromatic N) is 4. The first kappa shape index (κ1) is 26.8. The highest BCUT2D eigenvalue weighted by Gasteiger charge is 2.21. The number of hydrogen-bond donors (Lipinski definition) is 0. The van der Waals surface area contributed by atoms with E-state index in [0.29, 0.717) is 28.7 Å². The first-order chi connectivity index (χ1) is 30.7. The van der Waals surface area contributed by atoms with Crippen LogP contribution in [0.25, 0.3) is 113 Å². The second kappa shape index (κ2) is 12.8. The Balaban J connectivity index is 1.20. The van der Waals surface area contributed by atoms with E-state index in [4.69, 9.17) is 20.4 Å². The summed E-state index contributed by atoms with van der Waals surface area (Å²) in [6.07, 6.45) is 0. The van der Waals surface area contributed by atoms with Crippen LogP contribution in [0.5, 0.6) is 0 Å². The van der Waals surface area contributed by atoms with Gasteiger partial charge in [0.2, 0.25) is 0 Å². The van der Waals surface area contributed by atoms with Gasteiger partial charge in [-0.15, -0.1) is 22.7 Å². The van der Waals surface area contributed by atoms with Crippen molar-refractivity contribution < 1.29 is 8.22 Å². The minimum Gasteiger partial charge on any atom is -0.309 e. The number of para-hydroxylation sites is 2. The van der Waals surface area contributed by atoms with E-state index < -0.39 is 0 Å². The molecule has 0 radical (unpaired) electrons. The molecule has 0 saturated carbocycles. The quantitative estimate of drug-likeness (QED) is 0.175. The first-order valence-electron chi connectivity index (χ1n) is 21.5. The molecule has 4 heterocycles. The Kier molecular flexibility index (Phi) is 6.00. The normalized spacial score (nSPS) is 13.3. The third-order valence-corrected chi connectivity index (χ3v) is 13.1. The van der Waals surface area contributed by atoms with Gasteiger partial charge in [-0.25, -0.2) is 15.0 Å². The lowest BCUT2D eigenvalue weighted by Crippen LogP contribution is -2.02. The van der Waals surface area contributed by atoms with Crippen molar-refractivity contribution in [2.45, 2.75) is 0 Å². The molecule has 12 rings (SSSR count). The molecule has 266 valence electrons. The summed E-state index contributed by atoms with van der Waals surface area (Å²) in [5, 5.41) is 4.91. The Hall–Kier alpha value is -6.99. The van der Waals surface area contributed by atoms with Gasteiger partial charge in [-0.2, -0.15) is 0 Å². The lowest BCUT2D eigenvalue weighted by Gasteiger charge is -2.17. The Morgan fingerprint density at radius 3 is 1.61 bits per heavy atom. The highest BCUT2D eigenvalue weighted by atomic mass is 32.1. The fourth-order valence-electron chi connectivity index (χ4n) is 8.06. The van der Waals surface area contributed by atoms with Gasteiger partial charge in [0, 0.05) is 78.9 Å². The van der Waals surface area contributed by atoms with Crippen molar-refractivity contribution in [3.63, 3.8) is 0 Å². The van der Waals surface area contributed by atoms with Crippen LogP contribution >= 0.6 is 22.7 Å². The maximum absolute atomic E-state index is 9.35. The van der Waals surface area contributed by atoms with Gasteiger partial charge < -0.3 is 4.57 Å². The van der Waals surface area contributed by atoms with Gasteiger partial charge in [-0.05, 0) is 36.4 Å². The Labute approximate surface area is 344 Å². The molecular formula is C51H30N4S2. The van der Waals surface area contributed by atoms with Crippen molar-refractivity contribution in [2.75, 3.05) is 0 Å². The summed E-state index contributed by atoms with van der Waals surface area (Å²) in [5.74, 6) is 1.42. The fourth-order valence-corrected chi connectivity index (χ4v) is 10.5. The van der Waals surface area contributed by atoms with Crippen molar-refractivity contribution in [1.29, 1.82) is 0 Å². The second-order valence-corrected chi connectivity index (χ2v) is 16.0. The van der Waals surface area contributed by atoms with Crippen LogP contribution in [0.1, 0.15) is 8.22 Å². The number of hydrogen-bond acceptors (Lipinski definition) is 5. The molecule has 6 heteroatoms. The molecule has 12 aromatic rings. The van der Waals surface area contributed by atoms with E-state index in [-0.39, 0.29) is 58.1 Å². The maximum Gasteiger partial charge on any atom is 0.165 e. The summed E-state index contributed by atoms with van der Waals surface area (Å²) in [5.41, 5.74) is 5.17. The van der Waals surface area contributed by atoms with Crippen molar-refractivity contribution in [3.05, 3.63) is 182 Å². The molecule has 0 spiro atoms. The average molecular weight is 769 g/mol. The van der Waals surface area contributed by atoms with E-state index >= 15 is 0 Å². The highest BCUT2D eigenvalue weighted by Crippen LogP contribution is 2.45. The van der Waals surface area contributed by atoms with Crippen molar-refractivity contribution >= 4 is 84.8 Å². The molecule has 0 amide bonds. The lowest BCUT2D eigenvalue weighted by atomic mass is 9.98. The molecule has 0 bridgehead atoms. The van der Waals surface area contributed by atoms with E-state index in [1.807, 2.05) is 84.9 Å². The zero-order chi connectivity index (χ0) is 42.7. The third-order valence-electron chi connectivity index (χ3n) is 10.6. The molecular weight excluding hydrogens is 733 g/mol. The van der Waals surface area contributed by atoms with Gasteiger partial charge in [0.05, 0.1) is 24.9 Å². The van der Waals surface area contributed by atoms with Crippen LogP contribution in [0.15, 0.2) is 182 Å². The zero-order valence-corrected chi connectivity index (χ0v) is 31.6. The monoisotopic (exact) mass is 768 g/mol. The minimum absolute atomic E-state index is 0.0332. The van der Waals surface area contributed by atoms with Gasteiger partial charge in [-0.3, -0.25) is 0 Å². The number of thiophene rings is 2. The Bertz CT molecular complexity index is 3820. The predicted octanol–water partition coefficient (Wildman–Crippen LogP) is 14.4. The molecule has 4 aromatic heterocycles. The molecule has 0 aliphatic rings. The van der Waals surface area contributed by atoms with E-state index in [9.17, 15) is 2.74 Å². The van der Waals surface area contributed by atoms with Crippen LogP contribution in [0.4, 0.5) is 0 Å². The van der Waals surface area contributed by atoms with Gasteiger partial charge in [-0.1, -0.05) is 145 Å². The molecule has 0 fully saturated rings. The smallest absolute Gasteiger partial charge is 0.165 e. The summed E-state index contributed by atoms with van der Waals surface area (Å²) < 4.78 is 60.5. The van der Waals surface area contributed by atoms with E-state index in [0.717, 1.165) is 52.5 Å². The summed E-state index contributed by atoms with van der Waals surface area (Å²) in [4.78, 5) is 15.5. The van der Waals surface area contributed by atoms with Crippen molar-refractivity contribution in [3.8, 4) is 51.0 Å². The van der Waals surface area contributed by atoms with Gasteiger partial charge in [0.25, 0.3) is 0 Å². The SMILES string of the molecule is [2H]c1cc([2H])c2c(c1[2H])c1c([2H])c([2H])cc([2H])c1n2-c1cc(-c2nc(-c3ccccc3)nc(-c3cccc4c3sc3ccccc34)n2)ccc1-c1cccc2c1sc1ccccc12. The van der Waals surface area contributed by atoms with Crippen LogP contribution < -0.4 is 0 Å². The van der Waals surface area contributed by atoms with Crippen LogP contribution in [0.3, 0.4) is 0 Å². The molecule has 0 aliphatic heterocycles. The lowest BCUT2D eigenvalue weighted by molar-refractivity contribution is 1.07. The first-order valence-corrected chi connectivity index (χ1v) is 20.2. The van der Waals surface area contributed by atoms with Crippen LogP contribution in [-0.2, 0) is 0 Å². The van der Waals surface area contributed by atoms with Gasteiger partial charge in [0.1, 0.15) is 0 Å². The number of rotatable bonds is 5. The Morgan fingerprint density at radius 1 is 0.404 bits per heavy atom. The van der Waals surface area contributed by atoms with Gasteiger partial charge >= 0.3 is 0 Å². The maximum atomic E-state index is 9.35. The molecule has 0 unspecified atom stereocenters. The Morgan fingerprint density at radius 2 is 0.947 bits per heavy atom. The molecule has 0 aliphatic carbocycles. The van der Waals surface area contributed by atoms with Crippen LogP contribution in [0, 0.1) is 0 Å². The molecule has 0 atom stereocenters. The molecule has 0 N–H and O–H groups in total. The van der Waals surface area contributed by atoms with Crippen molar-refractivity contribution in [1.82, 2.24) is 19.5 Å². The number of benzene rings is 8. The summed E-state index contributed by atoms with van der Waals surface area (Å²) in [6, 6.07) is 46.8. The standard InChI is InChI=1S/C51H30N4S2/c1-2-14-31(15-3-1)49-52-50(54-51(53-49)41-23-13-22-40-37-19-7-11-27-46(37)57-48(40)41)32-28-29-35(38-20-12-21-39-36-18-6-10-26-45(36)56-47(38)39)44(30-32)55-42-24-8-4-16-33(42)34-17-5-9-25-43(34)55/h1-30H/i4D,5D,16D,17D,24D,25D. The average Bonchev–Trinajstić information content (AvgIpc) is 4.01. The summed E-state index contributed by atoms with van der Waals surface area (Å²) in [7, 11) is 0. The van der Waals surface area contributed by atoms with E-state index in [1.54, 1.807) is 27.2 Å². The third kappa shape index (κ3) is 5.08. The summed E-state index contributed by atoms with van der Waals surface area (Å²) in [6.45, 7) is 0. The topological polar surface area (TPSA) is 43.6 Å². The zero-order valence-electron chi connectivity index (χ0n) is 36.0. The molecule has 4 nitrogen and oxygen atoms in total. The van der Waals surface area contributed by atoms with Crippen LogP contribution in [0.2, 0.25) is 0 Å². The molecule has 57 heavy (non-hydrogen) atoms. The van der Waals surface area contributed by atoms with Crippen molar-refractivity contribution in [2.24, 2.45) is 0 Å². The summed E-state index contributed by atoms with van der Waals surface area (Å²) >= 11 is 3.39. The second-order valence-electron chi connectivity index (χ2n) is 13.9. The largest absolute Gasteiger partial charge is 0.309 e. The van der Waals surface area contributed by atoms with Crippen LogP contribution in [-0.4, -0.2) is 19.5 Å². The number of fused-ring (bicyclic) bond motifs is 9. The van der Waals surface area contributed by atoms with E-state index in [1.165, 1.54) is 22.2 Å². The minimum atomic E-state index is -0.170. The molecule has 0 saturated heterocycles. The molecule has 8 aromatic carbocycles.